The average Bonchev–Trinajstić information content (AvgIpc) is 2.17. The zero-order chi connectivity index (χ0) is 6.04. The van der Waals surface area contributed by atoms with Gasteiger partial charge in [0.25, 0.3) is 0 Å². The van der Waals surface area contributed by atoms with E-state index in [2.05, 4.69) is 0 Å². The van der Waals surface area contributed by atoms with E-state index < -0.39 is 0 Å². The number of halogens is 2. The first-order valence-electron chi connectivity index (χ1n) is 3.12. The number of nitrogens with two attached hydrogens (primary N) is 1. The molecule has 1 saturated carbocycles. The van der Waals surface area contributed by atoms with E-state index in [1.54, 1.807) is 0 Å². The Morgan fingerprint density at radius 2 is 1.78 bits per heavy atom. The highest BCUT2D eigenvalue weighted by molar-refractivity contribution is 6.18. The van der Waals surface area contributed by atoms with E-state index in [9.17, 15) is 0 Å². The Balaban J connectivity index is 0.000000640. The van der Waals surface area contributed by atoms with E-state index in [1.807, 2.05) is 0 Å². The molecule has 1 aliphatic rings. The van der Waals surface area contributed by atoms with Crippen LogP contribution < -0.4 is 5.73 Å². The first-order chi connectivity index (χ1) is 3.77. The molecule has 1 rings (SSSR count). The van der Waals surface area contributed by atoms with Crippen molar-refractivity contribution < 1.29 is 0 Å². The van der Waals surface area contributed by atoms with Crippen LogP contribution in [0.4, 0.5) is 0 Å². The molecular weight excluding hydrogens is 157 g/mol. The Bertz CT molecular complexity index is 79.1. The standard InChI is InChI=1S/C6H12ClN.ClH/c7-5-6(8)3-1-2-4-6;/h1-5,8H2;1H. The van der Waals surface area contributed by atoms with Gasteiger partial charge in [-0.2, -0.15) is 0 Å². The van der Waals surface area contributed by atoms with Gasteiger partial charge in [-0.1, -0.05) is 12.8 Å². The van der Waals surface area contributed by atoms with E-state index in [-0.39, 0.29) is 17.9 Å². The minimum Gasteiger partial charge on any atom is -0.324 e. The van der Waals surface area contributed by atoms with Crippen molar-refractivity contribution in [3.8, 4) is 0 Å². The van der Waals surface area contributed by atoms with Crippen LogP contribution in [-0.4, -0.2) is 11.4 Å². The molecule has 0 bridgehead atoms. The zero-order valence-corrected chi connectivity index (χ0v) is 6.97. The normalized spacial score (nSPS) is 23.3. The molecule has 9 heavy (non-hydrogen) atoms. The van der Waals surface area contributed by atoms with Crippen molar-refractivity contribution in [3.05, 3.63) is 0 Å². The van der Waals surface area contributed by atoms with Crippen LogP contribution in [0.25, 0.3) is 0 Å². The molecule has 0 spiro atoms. The molecule has 0 unspecified atom stereocenters. The first kappa shape index (κ1) is 9.54. The molecule has 0 aromatic heterocycles. The second kappa shape index (κ2) is 3.65. The third-order valence-corrected chi connectivity index (χ3v) is 2.40. The van der Waals surface area contributed by atoms with Crippen molar-refractivity contribution in [2.75, 3.05) is 5.88 Å². The molecular formula is C6H13Cl2N. The van der Waals surface area contributed by atoms with Gasteiger partial charge < -0.3 is 5.73 Å². The number of hydrogen-bond donors (Lipinski definition) is 1. The van der Waals surface area contributed by atoms with Gasteiger partial charge in [0.1, 0.15) is 0 Å². The predicted molar refractivity (Wildman–Crippen MR) is 43.4 cm³/mol. The monoisotopic (exact) mass is 169 g/mol. The lowest BCUT2D eigenvalue weighted by molar-refractivity contribution is 0.494. The summed E-state index contributed by atoms with van der Waals surface area (Å²) in [5, 5.41) is 0. The maximum absolute atomic E-state index is 5.83. The summed E-state index contributed by atoms with van der Waals surface area (Å²) in [5.41, 5.74) is 5.83. The van der Waals surface area contributed by atoms with Crippen molar-refractivity contribution in [2.24, 2.45) is 5.73 Å². The largest absolute Gasteiger partial charge is 0.324 e. The van der Waals surface area contributed by atoms with Crippen LogP contribution in [0.15, 0.2) is 0 Å². The molecule has 0 saturated heterocycles. The number of alkyl halides is 1. The fraction of sp³-hybridized carbons (Fsp3) is 1.00. The predicted octanol–water partition coefficient (Wildman–Crippen LogP) is 1.92. The maximum Gasteiger partial charge on any atom is 0.0403 e. The molecule has 56 valence electrons. The summed E-state index contributed by atoms with van der Waals surface area (Å²) in [7, 11) is 0. The Morgan fingerprint density at radius 3 is 2.00 bits per heavy atom. The second-order valence-corrected chi connectivity index (χ2v) is 2.97. The van der Waals surface area contributed by atoms with Gasteiger partial charge in [0.15, 0.2) is 0 Å². The van der Waals surface area contributed by atoms with Gasteiger partial charge in [0, 0.05) is 11.4 Å². The minimum absolute atomic E-state index is 0. The van der Waals surface area contributed by atoms with Gasteiger partial charge in [-0.15, -0.1) is 24.0 Å². The Hall–Kier alpha value is 0.540. The van der Waals surface area contributed by atoms with Gasteiger partial charge >= 0.3 is 0 Å². The summed E-state index contributed by atoms with van der Waals surface area (Å²) in [4.78, 5) is 0. The summed E-state index contributed by atoms with van der Waals surface area (Å²) in [6.07, 6.45) is 4.78. The fourth-order valence-electron chi connectivity index (χ4n) is 1.21. The average molecular weight is 170 g/mol. The van der Waals surface area contributed by atoms with E-state index in [4.69, 9.17) is 17.3 Å². The van der Waals surface area contributed by atoms with Gasteiger partial charge in [0.05, 0.1) is 0 Å². The summed E-state index contributed by atoms with van der Waals surface area (Å²) < 4.78 is 0. The molecule has 0 amide bonds. The summed E-state index contributed by atoms with van der Waals surface area (Å²) in [5.74, 6) is 0.632. The van der Waals surface area contributed by atoms with Gasteiger partial charge in [0.2, 0.25) is 0 Å². The molecule has 1 nitrogen and oxygen atoms in total. The van der Waals surface area contributed by atoms with Crippen molar-refractivity contribution in [2.45, 2.75) is 31.2 Å². The third-order valence-electron chi connectivity index (χ3n) is 1.87. The molecule has 0 aromatic carbocycles. The topological polar surface area (TPSA) is 26.0 Å². The van der Waals surface area contributed by atoms with Crippen LogP contribution in [-0.2, 0) is 0 Å². The molecule has 3 heteroatoms. The highest BCUT2D eigenvalue weighted by atomic mass is 35.5. The first-order valence-corrected chi connectivity index (χ1v) is 3.65. The summed E-state index contributed by atoms with van der Waals surface area (Å²) in [6.45, 7) is 0. The quantitative estimate of drug-likeness (QED) is 0.597. The van der Waals surface area contributed by atoms with Crippen LogP contribution in [0.2, 0.25) is 0 Å². The molecule has 0 aromatic rings. The highest BCUT2D eigenvalue weighted by Crippen LogP contribution is 2.27. The van der Waals surface area contributed by atoms with Crippen molar-refractivity contribution in [1.29, 1.82) is 0 Å². The lowest BCUT2D eigenvalue weighted by Crippen LogP contribution is -2.38. The van der Waals surface area contributed by atoms with Gasteiger partial charge in [-0.05, 0) is 12.8 Å². The Morgan fingerprint density at radius 1 is 1.33 bits per heavy atom. The molecule has 0 aliphatic heterocycles. The molecule has 2 N–H and O–H groups in total. The number of rotatable bonds is 1. The van der Waals surface area contributed by atoms with Gasteiger partial charge in [-0.25, -0.2) is 0 Å². The molecule has 0 radical (unpaired) electrons. The van der Waals surface area contributed by atoms with Crippen LogP contribution >= 0.6 is 24.0 Å². The zero-order valence-electron chi connectivity index (χ0n) is 5.40. The molecule has 1 aliphatic carbocycles. The summed E-state index contributed by atoms with van der Waals surface area (Å²) >= 11 is 5.62. The molecule has 0 atom stereocenters. The number of hydrogen-bond acceptors (Lipinski definition) is 1. The lowest BCUT2D eigenvalue weighted by atomic mass is 10.0. The molecule has 0 heterocycles. The van der Waals surface area contributed by atoms with Crippen LogP contribution in [0.3, 0.4) is 0 Å². The minimum atomic E-state index is 0. The van der Waals surface area contributed by atoms with Crippen LogP contribution in [0, 0.1) is 0 Å². The van der Waals surface area contributed by atoms with Crippen molar-refractivity contribution >= 4 is 24.0 Å². The lowest BCUT2D eigenvalue weighted by Gasteiger charge is -2.18. The van der Waals surface area contributed by atoms with E-state index >= 15 is 0 Å². The SMILES string of the molecule is Cl.NC1(CCl)CCCC1. The maximum atomic E-state index is 5.83. The second-order valence-electron chi connectivity index (χ2n) is 2.70. The Kier molecular flexibility index (Phi) is 3.86. The fourth-order valence-corrected chi connectivity index (χ4v) is 1.48. The van der Waals surface area contributed by atoms with E-state index in [0.29, 0.717) is 5.88 Å². The van der Waals surface area contributed by atoms with Crippen molar-refractivity contribution in [1.82, 2.24) is 0 Å². The van der Waals surface area contributed by atoms with Gasteiger partial charge in [-0.3, -0.25) is 0 Å². The van der Waals surface area contributed by atoms with E-state index in [1.165, 1.54) is 12.8 Å². The third kappa shape index (κ3) is 2.32. The summed E-state index contributed by atoms with van der Waals surface area (Å²) in [6, 6.07) is 0. The smallest absolute Gasteiger partial charge is 0.0403 e. The van der Waals surface area contributed by atoms with Crippen molar-refractivity contribution in [3.63, 3.8) is 0 Å². The Labute approximate surface area is 67.4 Å². The highest BCUT2D eigenvalue weighted by Gasteiger charge is 2.27. The molecule has 1 fully saturated rings. The van der Waals surface area contributed by atoms with Crippen LogP contribution in [0.1, 0.15) is 25.7 Å². The van der Waals surface area contributed by atoms with Crippen LogP contribution in [0.5, 0.6) is 0 Å². The van der Waals surface area contributed by atoms with E-state index in [0.717, 1.165) is 12.8 Å².